The Bertz CT molecular complexity index is 345. The third-order valence-electron chi connectivity index (χ3n) is 1.57. The fraction of sp³-hybridized carbons (Fsp3) is 0.100. The third kappa shape index (κ3) is 2.68. The molecule has 0 aliphatic heterocycles. The summed E-state index contributed by atoms with van der Waals surface area (Å²) >= 11 is 8.95. The van der Waals surface area contributed by atoms with E-state index in [1.165, 1.54) is 5.54 Å². The summed E-state index contributed by atoms with van der Waals surface area (Å²) in [6.45, 7) is 1.96. The van der Waals surface area contributed by atoms with Gasteiger partial charge in [0.05, 0.1) is 5.69 Å². The van der Waals surface area contributed by atoms with Gasteiger partial charge in [0.1, 0.15) is 0 Å². The second-order valence-corrected chi connectivity index (χ2v) is 3.47. The first-order valence-electron chi connectivity index (χ1n) is 3.83. The van der Waals surface area contributed by atoms with Gasteiger partial charge in [-0.15, -0.1) is 0 Å². The maximum absolute atomic E-state index is 5.50. The number of hydrogen-bond acceptors (Lipinski definition) is 1. The van der Waals surface area contributed by atoms with Crippen LogP contribution in [-0.2, 0) is 0 Å². The fourth-order valence-corrected chi connectivity index (χ4v) is 1.42. The van der Waals surface area contributed by atoms with Crippen molar-refractivity contribution in [3.63, 3.8) is 0 Å². The molecule has 1 aromatic heterocycles. The van der Waals surface area contributed by atoms with E-state index in [1.54, 1.807) is 12.3 Å². The van der Waals surface area contributed by atoms with E-state index in [0.717, 1.165) is 15.7 Å². The molecule has 0 aromatic carbocycles. The topological polar surface area (TPSA) is 12.9 Å². The maximum atomic E-state index is 5.50. The monoisotopic (exact) mass is 257 g/mol. The van der Waals surface area contributed by atoms with Crippen LogP contribution in [-0.4, -0.2) is 4.98 Å². The Morgan fingerprint density at radius 3 is 3.00 bits per heavy atom. The average molecular weight is 259 g/mol. The van der Waals surface area contributed by atoms with Gasteiger partial charge in [0.15, 0.2) is 0 Å². The van der Waals surface area contributed by atoms with E-state index in [1.807, 2.05) is 25.1 Å². The summed E-state index contributed by atoms with van der Waals surface area (Å²) < 4.78 is 1.02. The highest BCUT2D eigenvalue weighted by Crippen LogP contribution is 2.23. The number of pyridine rings is 1. The molecule has 0 aliphatic rings. The summed E-state index contributed by atoms with van der Waals surface area (Å²) in [5.74, 6) is 0. The van der Waals surface area contributed by atoms with E-state index in [0.29, 0.717) is 0 Å². The van der Waals surface area contributed by atoms with Crippen LogP contribution >= 0.6 is 27.5 Å². The highest BCUT2D eigenvalue weighted by atomic mass is 79.9. The van der Waals surface area contributed by atoms with Crippen molar-refractivity contribution in [2.24, 2.45) is 0 Å². The van der Waals surface area contributed by atoms with Gasteiger partial charge in [-0.05, 0) is 19.1 Å². The average Bonchev–Trinajstić information content (AvgIpc) is 2.18. The number of nitrogens with zero attached hydrogens (tertiary/aromatic N) is 1. The number of rotatable bonds is 2. The summed E-state index contributed by atoms with van der Waals surface area (Å²) in [6.07, 6.45) is 5.48. The van der Waals surface area contributed by atoms with Gasteiger partial charge >= 0.3 is 0 Å². The standard InChI is InChI=1S/C10H9BrClN/c1-2-9(11)8-4-3-7-13-10(8)5-6-12/h2-7H,1H3/b6-5+,9-2+. The molecule has 0 atom stereocenters. The van der Waals surface area contributed by atoms with Crippen molar-refractivity contribution in [2.75, 3.05) is 0 Å². The number of halogens is 2. The van der Waals surface area contributed by atoms with Gasteiger partial charge in [-0.2, -0.15) is 0 Å². The van der Waals surface area contributed by atoms with Crippen molar-refractivity contribution in [1.29, 1.82) is 0 Å². The van der Waals surface area contributed by atoms with Gasteiger partial charge in [-0.3, -0.25) is 4.98 Å². The van der Waals surface area contributed by atoms with Crippen molar-refractivity contribution < 1.29 is 0 Å². The van der Waals surface area contributed by atoms with Gasteiger partial charge in [0.25, 0.3) is 0 Å². The largest absolute Gasteiger partial charge is 0.256 e. The molecule has 1 rings (SSSR count). The Balaban J connectivity index is 3.19. The highest BCUT2D eigenvalue weighted by Gasteiger charge is 2.01. The molecule has 0 saturated carbocycles. The summed E-state index contributed by atoms with van der Waals surface area (Å²) in [5, 5.41) is 0. The molecule has 68 valence electrons. The molecular formula is C10H9BrClN. The predicted octanol–water partition coefficient (Wildman–Crippen LogP) is 4.05. The quantitative estimate of drug-likeness (QED) is 0.780. The van der Waals surface area contributed by atoms with E-state index in [-0.39, 0.29) is 0 Å². The lowest BCUT2D eigenvalue weighted by Crippen LogP contribution is -1.86. The molecule has 3 heteroatoms. The minimum Gasteiger partial charge on any atom is -0.256 e. The van der Waals surface area contributed by atoms with Crippen LogP contribution in [0.25, 0.3) is 10.6 Å². The molecule has 0 amide bonds. The Kier molecular flexibility index (Phi) is 4.19. The van der Waals surface area contributed by atoms with Gasteiger partial charge in [0, 0.05) is 21.8 Å². The van der Waals surface area contributed by atoms with Crippen molar-refractivity contribution in [1.82, 2.24) is 4.98 Å². The molecule has 0 saturated heterocycles. The summed E-state index contributed by atoms with van der Waals surface area (Å²) in [6, 6.07) is 3.88. The zero-order valence-electron chi connectivity index (χ0n) is 7.17. The van der Waals surface area contributed by atoms with E-state index < -0.39 is 0 Å². The lowest BCUT2D eigenvalue weighted by atomic mass is 10.2. The number of aromatic nitrogens is 1. The molecule has 0 spiro atoms. The van der Waals surface area contributed by atoms with Crippen LogP contribution in [0.4, 0.5) is 0 Å². The Labute approximate surface area is 91.3 Å². The molecule has 1 aromatic rings. The van der Waals surface area contributed by atoms with Gasteiger partial charge in [-0.25, -0.2) is 0 Å². The van der Waals surface area contributed by atoms with Crippen LogP contribution in [0.1, 0.15) is 18.2 Å². The zero-order chi connectivity index (χ0) is 9.68. The predicted molar refractivity (Wildman–Crippen MR) is 61.7 cm³/mol. The van der Waals surface area contributed by atoms with Gasteiger partial charge < -0.3 is 0 Å². The smallest absolute Gasteiger partial charge is 0.0721 e. The number of allylic oxidation sites excluding steroid dienone is 1. The molecule has 0 N–H and O–H groups in total. The van der Waals surface area contributed by atoms with Gasteiger partial charge in [0.2, 0.25) is 0 Å². The SMILES string of the molecule is C/C=C(/Br)c1cccnc1/C=C/Cl. The normalized spacial score (nSPS) is 12.4. The fourth-order valence-electron chi connectivity index (χ4n) is 0.967. The summed E-state index contributed by atoms with van der Waals surface area (Å²) in [4.78, 5) is 4.20. The molecule has 1 nitrogen and oxygen atoms in total. The minimum atomic E-state index is 0.863. The van der Waals surface area contributed by atoms with E-state index in [2.05, 4.69) is 20.9 Å². The molecule has 0 fully saturated rings. The molecule has 1 heterocycles. The summed E-state index contributed by atoms with van der Waals surface area (Å²) in [5.41, 5.74) is 3.37. The first-order valence-corrected chi connectivity index (χ1v) is 5.06. The van der Waals surface area contributed by atoms with Crippen LogP contribution < -0.4 is 0 Å². The van der Waals surface area contributed by atoms with E-state index in [9.17, 15) is 0 Å². The first kappa shape index (κ1) is 10.5. The van der Waals surface area contributed by atoms with Crippen molar-refractivity contribution in [3.8, 4) is 0 Å². The third-order valence-corrected chi connectivity index (χ3v) is 2.58. The van der Waals surface area contributed by atoms with Crippen LogP contribution in [0, 0.1) is 0 Å². The zero-order valence-corrected chi connectivity index (χ0v) is 9.51. The second kappa shape index (κ2) is 5.20. The van der Waals surface area contributed by atoms with Crippen LogP contribution in [0.2, 0.25) is 0 Å². The Morgan fingerprint density at radius 2 is 2.38 bits per heavy atom. The summed E-state index contributed by atoms with van der Waals surface area (Å²) in [7, 11) is 0. The Morgan fingerprint density at radius 1 is 1.62 bits per heavy atom. The van der Waals surface area contributed by atoms with Crippen molar-refractivity contribution in [3.05, 3.63) is 41.2 Å². The first-order chi connectivity index (χ1) is 6.29. The molecule has 0 bridgehead atoms. The lowest BCUT2D eigenvalue weighted by molar-refractivity contribution is 1.28. The molecule has 13 heavy (non-hydrogen) atoms. The van der Waals surface area contributed by atoms with Gasteiger partial charge in [-0.1, -0.05) is 39.7 Å². The maximum Gasteiger partial charge on any atom is 0.0721 e. The Hall–Kier alpha value is -0.600. The molecular weight excluding hydrogens is 249 g/mol. The lowest BCUT2D eigenvalue weighted by Gasteiger charge is -2.02. The molecule has 0 unspecified atom stereocenters. The molecule has 0 radical (unpaired) electrons. The minimum absolute atomic E-state index is 0.863. The molecule has 0 aliphatic carbocycles. The van der Waals surface area contributed by atoms with E-state index >= 15 is 0 Å². The van der Waals surface area contributed by atoms with E-state index in [4.69, 9.17) is 11.6 Å². The van der Waals surface area contributed by atoms with Crippen LogP contribution in [0.15, 0.2) is 29.9 Å². The number of hydrogen-bond donors (Lipinski definition) is 0. The van der Waals surface area contributed by atoms with Crippen molar-refractivity contribution in [2.45, 2.75) is 6.92 Å². The highest BCUT2D eigenvalue weighted by molar-refractivity contribution is 9.15. The van der Waals surface area contributed by atoms with Crippen molar-refractivity contribution >= 4 is 38.1 Å². The van der Waals surface area contributed by atoms with Crippen LogP contribution in [0.5, 0.6) is 0 Å². The van der Waals surface area contributed by atoms with Crippen LogP contribution in [0.3, 0.4) is 0 Å². The second-order valence-electron chi connectivity index (χ2n) is 2.37.